The van der Waals surface area contributed by atoms with Gasteiger partial charge in [0.2, 0.25) is 0 Å². The molecule has 1 heterocycles. The number of aromatic amines is 1. The number of halogens is 1. The molecule has 100 valence electrons. The van der Waals surface area contributed by atoms with Crippen LogP contribution in [-0.2, 0) is 0 Å². The Kier molecular flexibility index (Phi) is 2.75. The van der Waals surface area contributed by atoms with Crippen molar-refractivity contribution in [3.8, 4) is 5.69 Å². The second-order valence-corrected chi connectivity index (χ2v) is 4.52. The highest BCUT2D eigenvalue weighted by atomic mass is 19.1. The summed E-state index contributed by atoms with van der Waals surface area (Å²) in [5.41, 5.74) is 0.0362. The lowest BCUT2D eigenvalue weighted by Gasteiger charge is -2.08. The van der Waals surface area contributed by atoms with Gasteiger partial charge in [-0.15, -0.1) is 0 Å². The molecule has 0 aliphatic heterocycles. The second kappa shape index (κ2) is 4.45. The molecule has 0 amide bonds. The van der Waals surface area contributed by atoms with Crippen LogP contribution in [0.3, 0.4) is 0 Å². The summed E-state index contributed by atoms with van der Waals surface area (Å²) in [6.07, 6.45) is 0. The third-order valence-corrected chi connectivity index (χ3v) is 3.23. The Morgan fingerprint density at radius 2 is 1.80 bits per heavy atom. The summed E-state index contributed by atoms with van der Waals surface area (Å²) in [5.74, 6) is -0.618. The van der Waals surface area contributed by atoms with E-state index in [-0.39, 0.29) is 5.69 Å². The number of hydrogen-bond acceptors (Lipinski definition) is 2. The van der Waals surface area contributed by atoms with Crippen LogP contribution >= 0.6 is 0 Å². The molecule has 0 spiro atoms. The number of aryl methyl sites for hydroxylation is 1. The van der Waals surface area contributed by atoms with Gasteiger partial charge in [0.05, 0.1) is 16.6 Å². The first-order valence-electron chi connectivity index (χ1n) is 6.09. The highest BCUT2D eigenvalue weighted by Crippen LogP contribution is 2.13. The Morgan fingerprint density at radius 3 is 2.55 bits per heavy atom. The van der Waals surface area contributed by atoms with Gasteiger partial charge in [-0.05, 0) is 30.7 Å². The molecule has 0 unspecified atom stereocenters. The predicted molar refractivity (Wildman–Crippen MR) is 74.9 cm³/mol. The monoisotopic (exact) mass is 270 g/mol. The van der Waals surface area contributed by atoms with Gasteiger partial charge in [0.1, 0.15) is 5.82 Å². The molecule has 0 bridgehead atoms. The van der Waals surface area contributed by atoms with Crippen LogP contribution in [0.5, 0.6) is 0 Å². The van der Waals surface area contributed by atoms with Gasteiger partial charge in [-0.1, -0.05) is 24.3 Å². The van der Waals surface area contributed by atoms with E-state index < -0.39 is 17.1 Å². The normalized spacial score (nSPS) is 10.9. The van der Waals surface area contributed by atoms with Crippen molar-refractivity contribution in [3.05, 3.63) is 74.7 Å². The standard InChI is InChI=1S/C15H11FN2O2/c1-9-5-4-6-10-13(9)17-15(20)18(14(10)19)12-8-3-2-7-11(12)16/h2-8H,1H3,(H,17,20). The Morgan fingerprint density at radius 1 is 1.05 bits per heavy atom. The molecule has 2 aromatic carbocycles. The van der Waals surface area contributed by atoms with Crippen molar-refractivity contribution in [2.24, 2.45) is 0 Å². The Balaban J connectivity index is 2.48. The zero-order chi connectivity index (χ0) is 14.3. The molecule has 0 radical (unpaired) electrons. The maximum Gasteiger partial charge on any atom is 0.333 e. The summed E-state index contributed by atoms with van der Waals surface area (Å²) >= 11 is 0. The van der Waals surface area contributed by atoms with Crippen molar-refractivity contribution >= 4 is 10.9 Å². The van der Waals surface area contributed by atoms with Crippen LogP contribution in [0.15, 0.2) is 52.1 Å². The van der Waals surface area contributed by atoms with Gasteiger partial charge in [0.15, 0.2) is 0 Å². The Labute approximate surface area is 113 Å². The SMILES string of the molecule is Cc1cccc2c(=O)n(-c3ccccc3F)c(=O)[nH]c12. The average Bonchev–Trinajstić information content (AvgIpc) is 2.42. The summed E-state index contributed by atoms with van der Waals surface area (Å²) in [7, 11) is 0. The molecule has 1 N–H and O–H groups in total. The van der Waals surface area contributed by atoms with E-state index in [4.69, 9.17) is 0 Å². The molecule has 4 nitrogen and oxygen atoms in total. The minimum atomic E-state index is -0.651. The first-order valence-corrected chi connectivity index (χ1v) is 6.09. The number of nitrogens with zero attached hydrogens (tertiary/aromatic N) is 1. The molecule has 3 aromatic rings. The van der Waals surface area contributed by atoms with E-state index in [1.165, 1.54) is 18.2 Å². The molecule has 0 saturated carbocycles. The van der Waals surface area contributed by atoms with E-state index in [1.807, 2.05) is 0 Å². The van der Waals surface area contributed by atoms with Gasteiger partial charge < -0.3 is 4.98 Å². The van der Waals surface area contributed by atoms with E-state index in [2.05, 4.69) is 4.98 Å². The predicted octanol–water partition coefficient (Wildman–Crippen LogP) is 2.13. The maximum atomic E-state index is 13.8. The first-order chi connectivity index (χ1) is 9.59. The zero-order valence-electron chi connectivity index (χ0n) is 10.7. The largest absolute Gasteiger partial charge is 0.333 e. The summed E-state index contributed by atoms with van der Waals surface area (Å²) in [6, 6.07) is 10.8. The minimum absolute atomic E-state index is 0.0536. The summed E-state index contributed by atoms with van der Waals surface area (Å²) < 4.78 is 14.6. The fourth-order valence-electron chi connectivity index (χ4n) is 2.24. The molecule has 0 saturated heterocycles. The lowest BCUT2D eigenvalue weighted by molar-refractivity contribution is 0.613. The van der Waals surface area contributed by atoms with Gasteiger partial charge in [0.25, 0.3) is 5.56 Å². The van der Waals surface area contributed by atoms with Crippen LogP contribution in [0.2, 0.25) is 0 Å². The fraction of sp³-hybridized carbons (Fsp3) is 0.0667. The Bertz CT molecular complexity index is 925. The average molecular weight is 270 g/mol. The molecule has 20 heavy (non-hydrogen) atoms. The quantitative estimate of drug-likeness (QED) is 0.736. The highest BCUT2D eigenvalue weighted by Gasteiger charge is 2.13. The number of fused-ring (bicyclic) bond motifs is 1. The molecule has 0 aliphatic carbocycles. The topological polar surface area (TPSA) is 54.9 Å². The molecule has 5 heteroatoms. The van der Waals surface area contributed by atoms with Crippen LogP contribution in [0.4, 0.5) is 4.39 Å². The van der Waals surface area contributed by atoms with E-state index in [0.29, 0.717) is 10.9 Å². The lowest BCUT2D eigenvalue weighted by atomic mass is 10.1. The van der Waals surface area contributed by atoms with Crippen molar-refractivity contribution in [1.29, 1.82) is 0 Å². The maximum absolute atomic E-state index is 13.8. The van der Waals surface area contributed by atoms with E-state index >= 15 is 0 Å². The molecule has 0 atom stereocenters. The number of para-hydroxylation sites is 2. The number of benzene rings is 2. The van der Waals surface area contributed by atoms with E-state index in [1.54, 1.807) is 31.2 Å². The van der Waals surface area contributed by atoms with Gasteiger partial charge >= 0.3 is 5.69 Å². The van der Waals surface area contributed by atoms with E-state index in [0.717, 1.165) is 10.1 Å². The van der Waals surface area contributed by atoms with Crippen LogP contribution in [0, 0.1) is 12.7 Å². The highest BCUT2D eigenvalue weighted by molar-refractivity contribution is 5.80. The van der Waals surface area contributed by atoms with Crippen LogP contribution in [0.1, 0.15) is 5.56 Å². The molecule has 0 fully saturated rings. The van der Waals surface area contributed by atoms with Crippen molar-refractivity contribution in [3.63, 3.8) is 0 Å². The number of H-pyrrole nitrogens is 1. The zero-order valence-corrected chi connectivity index (χ0v) is 10.7. The lowest BCUT2D eigenvalue weighted by Crippen LogP contribution is -2.34. The Hall–Kier alpha value is -2.69. The summed E-state index contributed by atoms with van der Waals surface area (Å²) in [5, 5.41) is 0.354. The molecule has 3 rings (SSSR count). The smallest absolute Gasteiger partial charge is 0.306 e. The first kappa shape index (κ1) is 12.3. The van der Waals surface area contributed by atoms with Crippen LogP contribution in [-0.4, -0.2) is 9.55 Å². The van der Waals surface area contributed by atoms with Gasteiger partial charge in [0, 0.05) is 0 Å². The molecule has 0 aliphatic rings. The van der Waals surface area contributed by atoms with Gasteiger partial charge in [-0.25, -0.2) is 13.8 Å². The summed E-state index contributed by atoms with van der Waals surface area (Å²) in [4.78, 5) is 27.2. The number of nitrogens with one attached hydrogen (secondary N) is 1. The van der Waals surface area contributed by atoms with Crippen molar-refractivity contribution in [2.45, 2.75) is 6.92 Å². The van der Waals surface area contributed by atoms with Gasteiger partial charge in [-0.2, -0.15) is 0 Å². The van der Waals surface area contributed by atoms with Crippen LogP contribution < -0.4 is 11.2 Å². The third kappa shape index (κ3) is 1.75. The van der Waals surface area contributed by atoms with Crippen LogP contribution in [0.25, 0.3) is 16.6 Å². The van der Waals surface area contributed by atoms with Crippen molar-refractivity contribution in [2.75, 3.05) is 0 Å². The molecular weight excluding hydrogens is 259 g/mol. The molecular formula is C15H11FN2O2. The van der Waals surface area contributed by atoms with Crippen molar-refractivity contribution in [1.82, 2.24) is 9.55 Å². The number of aromatic nitrogens is 2. The third-order valence-electron chi connectivity index (χ3n) is 3.23. The fourth-order valence-corrected chi connectivity index (χ4v) is 2.24. The van der Waals surface area contributed by atoms with Crippen molar-refractivity contribution < 1.29 is 4.39 Å². The summed E-state index contributed by atoms with van der Waals surface area (Å²) in [6.45, 7) is 1.80. The number of hydrogen-bond donors (Lipinski definition) is 1. The minimum Gasteiger partial charge on any atom is -0.306 e. The second-order valence-electron chi connectivity index (χ2n) is 4.52. The molecule has 1 aromatic heterocycles. The van der Waals surface area contributed by atoms with Gasteiger partial charge in [-0.3, -0.25) is 4.79 Å². The van der Waals surface area contributed by atoms with E-state index in [9.17, 15) is 14.0 Å². The number of rotatable bonds is 1.